The molecule has 5 nitrogen and oxygen atoms in total. The molecule has 0 aliphatic carbocycles. The van der Waals surface area contributed by atoms with Crippen molar-refractivity contribution in [3.8, 4) is 17.6 Å². The summed E-state index contributed by atoms with van der Waals surface area (Å²) in [6, 6.07) is 5.14. The molecule has 1 aromatic rings. The monoisotopic (exact) mass is 286 g/mol. The Kier molecular flexibility index (Phi) is 4.01. The standard InChI is InChI=1S/C16H18N2O3/c1-16(2)10-14(19)18(15(16)20)12-9-11(5-4-8-17)6-7-13(12)21-3/h6-7,9H,8,10,17H2,1-3H3. The number of benzene rings is 1. The smallest absolute Gasteiger partial charge is 0.240 e. The minimum Gasteiger partial charge on any atom is -0.495 e. The third-order valence-electron chi connectivity index (χ3n) is 3.38. The van der Waals surface area contributed by atoms with Crippen LogP contribution in [0.3, 0.4) is 0 Å². The molecule has 1 aliphatic heterocycles. The van der Waals surface area contributed by atoms with Crippen molar-refractivity contribution in [2.75, 3.05) is 18.6 Å². The maximum atomic E-state index is 12.4. The predicted octanol–water partition coefficient (Wildman–Crippen LogP) is 1.29. The number of methoxy groups -OCH3 is 1. The van der Waals surface area contributed by atoms with Crippen molar-refractivity contribution in [3.05, 3.63) is 23.8 Å². The molecule has 1 aromatic carbocycles. The van der Waals surface area contributed by atoms with E-state index in [1.165, 1.54) is 12.0 Å². The molecule has 1 fully saturated rings. The largest absolute Gasteiger partial charge is 0.495 e. The molecule has 2 amide bonds. The second-order valence-electron chi connectivity index (χ2n) is 5.49. The average Bonchev–Trinajstić information content (AvgIpc) is 2.64. The van der Waals surface area contributed by atoms with E-state index in [1.54, 1.807) is 32.0 Å². The summed E-state index contributed by atoms with van der Waals surface area (Å²) in [6.45, 7) is 3.77. The third-order valence-corrected chi connectivity index (χ3v) is 3.38. The lowest BCUT2D eigenvalue weighted by Crippen LogP contribution is -2.33. The molecule has 1 heterocycles. The van der Waals surface area contributed by atoms with Crippen LogP contribution in [0.1, 0.15) is 25.8 Å². The van der Waals surface area contributed by atoms with Gasteiger partial charge in [0.15, 0.2) is 0 Å². The Hall–Kier alpha value is -2.32. The fourth-order valence-electron chi connectivity index (χ4n) is 2.29. The van der Waals surface area contributed by atoms with E-state index in [0.29, 0.717) is 17.0 Å². The first kappa shape index (κ1) is 15.1. The zero-order valence-electron chi connectivity index (χ0n) is 12.4. The molecule has 0 bridgehead atoms. The predicted molar refractivity (Wildman–Crippen MR) is 79.8 cm³/mol. The number of amides is 2. The Bertz CT molecular complexity index is 653. The minimum atomic E-state index is -0.693. The van der Waals surface area contributed by atoms with E-state index in [1.807, 2.05) is 0 Å². The van der Waals surface area contributed by atoms with E-state index >= 15 is 0 Å². The fraction of sp³-hybridized carbons (Fsp3) is 0.375. The number of hydrogen-bond donors (Lipinski definition) is 1. The zero-order chi connectivity index (χ0) is 15.6. The highest BCUT2D eigenvalue weighted by atomic mass is 16.5. The first-order valence-corrected chi connectivity index (χ1v) is 6.65. The Balaban J connectivity index is 2.51. The van der Waals surface area contributed by atoms with Gasteiger partial charge in [-0.25, -0.2) is 4.90 Å². The minimum absolute atomic E-state index is 0.188. The SMILES string of the molecule is COc1ccc(C#CCN)cc1N1C(=O)CC(C)(C)C1=O. The quantitative estimate of drug-likeness (QED) is 0.657. The normalized spacial score (nSPS) is 16.7. The summed E-state index contributed by atoms with van der Waals surface area (Å²) < 4.78 is 5.26. The van der Waals surface area contributed by atoms with Crippen LogP contribution < -0.4 is 15.4 Å². The maximum Gasteiger partial charge on any atom is 0.240 e. The van der Waals surface area contributed by atoms with Gasteiger partial charge >= 0.3 is 0 Å². The van der Waals surface area contributed by atoms with Crippen molar-refractivity contribution in [2.45, 2.75) is 20.3 Å². The molecule has 0 unspecified atom stereocenters. The van der Waals surface area contributed by atoms with Crippen molar-refractivity contribution in [1.82, 2.24) is 0 Å². The molecule has 2 N–H and O–H groups in total. The van der Waals surface area contributed by atoms with Crippen molar-refractivity contribution in [2.24, 2.45) is 11.1 Å². The molecule has 0 atom stereocenters. The molecule has 0 spiro atoms. The number of nitrogens with two attached hydrogens (primary N) is 1. The lowest BCUT2D eigenvalue weighted by molar-refractivity contribution is -0.124. The van der Waals surface area contributed by atoms with Crippen LogP contribution in [-0.2, 0) is 9.59 Å². The molecule has 0 aromatic heterocycles. The number of anilines is 1. The molecule has 21 heavy (non-hydrogen) atoms. The van der Waals surface area contributed by atoms with Gasteiger partial charge in [-0.1, -0.05) is 25.7 Å². The second kappa shape index (κ2) is 5.58. The number of nitrogens with zero attached hydrogens (tertiary/aromatic N) is 1. The summed E-state index contributed by atoms with van der Waals surface area (Å²) in [4.78, 5) is 25.8. The maximum absolute atomic E-state index is 12.4. The van der Waals surface area contributed by atoms with Gasteiger partial charge in [-0.15, -0.1) is 0 Å². The Morgan fingerprint density at radius 2 is 2.10 bits per heavy atom. The molecule has 110 valence electrons. The molecule has 1 saturated heterocycles. The molecule has 5 heteroatoms. The molecule has 0 saturated carbocycles. The lowest BCUT2D eigenvalue weighted by atomic mass is 9.92. The van der Waals surface area contributed by atoms with Crippen LogP contribution in [0.5, 0.6) is 5.75 Å². The van der Waals surface area contributed by atoms with Crippen LogP contribution in [-0.4, -0.2) is 25.5 Å². The van der Waals surface area contributed by atoms with E-state index in [9.17, 15) is 9.59 Å². The molecular formula is C16H18N2O3. The highest BCUT2D eigenvalue weighted by molar-refractivity contribution is 6.23. The number of carbonyl (C=O) groups is 2. The Morgan fingerprint density at radius 3 is 2.62 bits per heavy atom. The van der Waals surface area contributed by atoms with Crippen LogP contribution in [0.25, 0.3) is 0 Å². The van der Waals surface area contributed by atoms with E-state index in [-0.39, 0.29) is 24.8 Å². The summed E-state index contributed by atoms with van der Waals surface area (Å²) in [5.41, 5.74) is 5.78. The van der Waals surface area contributed by atoms with Crippen molar-refractivity contribution < 1.29 is 14.3 Å². The van der Waals surface area contributed by atoms with Crippen molar-refractivity contribution in [3.63, 3.8) is 0 Å². The second-order valence-corrected chi connectivity index (χ2v) is 5.49. The molecule has 2 rings (SSSR count). The topological polar surface area (TPSA) is 72.6 Å². The van der Waals surface area contributed by atoms with Gasteiger partial charge in [0.25, 0.3) is 0 Å². The molecule has 1 aliphatic rings. The fourth-order valence-corrected chi connectivity index (χ4v) is 2.29. The van der Waals surface area contributed by atoms with Gasteiger partial charge in [-0.05, 0) is 18.2 Å². The Morgan fingerprint density at radius 1 is 1.38 bits per heavy atom. The number of rotatable bonds is 2. The van der Waals surface area contributed by atoms with E-state index < -0.39 is 5.41 Å². The number of ether oxygens (including phenoxy) is 1. The summed E-state index contributed by atoms with van der Waals surface area (Å²) in [7, 11) is 1.50. The lowest BCUT2D eigenvalue weighted by Gasteiger charge is -2.20. The Labute approximate surface area is 124 Å². The average molecular weight is 286 g/mol. The van der Waals surface area contributed by atoms with Gasteiger partial charge in [0.2, 0.25) is 11.8 Å². The van der Waals surface area contributed by atoms with Crippen LogP contribution in [0.15, 0.2) is 18.2 Å². The number of carbonyl (C=O) groups excluding carboxylic acids is 2. The molecular weight excluding hydrogens is 268 g/mol. The van der Waals surface area contributed by atoms with E-state index in [2.05, 4.69) is 11.8 Å². The highest BCUT2D eigenvalue weighted by Gasteiger charge is 2.46. The van der Waals surface area contributed by atoms with Crippen LogP contribution in [0.2, 0.25) is 0 Å². The highest BCUT2D eigenvalue weighted by Crippen LogP contribution is 2.39. The first-order chi connectivity index (χ1) is 9.90. The van der Waals surface area contributed by atoms with Crippen LogP contribution in [0, 0.1) is 17.3 Å². The summed E-state index contributed by atoms with van der Waals surface area (Å²) in [5.74, 6) is 5.65. The van der Waals surface area contributed by atoms with Gasteiger partial charge in [-0.3, -0.25) is 9.59 Å². The third kappa shape index (κ3) is 2.76. The van der Waals surface area contributed by atoms with Gasteiger partial charge in [0.1, 0.15) is 5.75 Å². The summed E-state index contributed by atoms with van der Waals surface area (Å²) in [5, 5.41) is 0. The number of imide groups is 1. The van der Waals surface area contributed by atoms with Crippen molar-refractivity contribution >= 4 is 17.5 Å². The van der Waals surface area contributed by atoms with E-state index in [0.717, 1.165) is 0 Å². The van der Waals surface area contributed by atoms with Crippen LogP contribution in [0.4, 0.5) is 5.69 Å². The zero-order valence-corrected chi connectivity index (χ0v) is 12.4. The summed E-state index contributed by atoms with van der Waals surface area (Å²) >= 11 is 0. The van der Waals surface area contributed by atoms with Crippen LogP contribution >= 0.6 is 0 Å². The van der Waals surface area contributed by atoms with Gasteiger partial charge in [0, 0.05) is 12.0 Å². The number of hydrogen-bond acceptors (Lipinski definition) is 4. The van der Waals surface area contributed by atoms with E-state index in [4.69, 9.17) is 10.5 Å². The first-order valence-electron chi connectivity index (χ1n) is 6.65. The van der Waals surface area contributed by atoms with Gasteiger partial charge in [-0.2, -0.15) is 0 Å². The summed E-state index contributed by atoms with van der Waals surface area (Å²) in [6.07, 6.45) is 0.188. The molecule has 0 radical (unpaired) electrons. The van der Waals surface area contributed by atoms with Crippen molar-refractivity contribution in [1.29, 1.82) is 0 Å². The van der Waals surface area contributed by atoms with Gasteiger partial charge < -0.3 is 10.5 Å². The van der Waals surface area contributed by atoms with Gasteiger partial charge in [0.05, 0.1) is 24.8 Å².